The summed E-state index contributed by atoms with van der Waals surface area (Å²) in [7, 11) is 0. The van der Waals surface area contributed by atoms with Gasteiger partial charge < -0.3 is 5.32 Å². The maximum atomic E-state index is 4.86. The van der Waals surface area contributed by atoms with Crippen LogP contribution in [-0.2, 0) is 0 Å². The molecule has 0 aliphatic carbocycles. The first-order valence-corrected chi connectivity index (χ1v) is 7.13. The number of pyridine rings is 2. The van der Waals surface area contributed by atoms with Crippen molar-refractivity contribution in [2.45, 2.75) is 26.7 Å². The van der Waals surface area contributed by atoms with Crippen LogP contribution in [0.3, 0.4) is 0 Å². The molecule has 3 nitrogen and oxygen atoms in total. The molecule has 0 bridgehead atoms. The molecule has 3 rings (SSSR count). The van der Waals surface area contributed by atoms with Gasteiger partial charge >= 0.3 is 0 Å². The number of rotatable bonds is 3. The zero-order chi connectivity index (χ0) is 14.1. The molecule has 0 amide bonds. The van der Waals surface area contributed by atoms with Gasteiger partial charge in [-0.2, -0.15) is 0 Å². The molecule has 0 atom stereocenters. The SMILES string of the molecule is CCNc1nc2c(ccc3ncccc32)cc1C(C)C. The molecule has 1 N–H and O–H groups in total. The van der Waals surface area contributed by atoms with Crippen LogP contribution in [0.15, 0.2) is 36.5 Å². The Morgan fingerprint density at radius 1 is 1.20 bits per heavy atom. The maximum absolute atomic E-state index is 4.86. The van der Waals surface area contributed by atoms with Crippen molar-refractivity contribution in [3.05, 3.63) is 42.1 Å². The molecular formula is C17H19N3. The Balaban J connectivity index is 2.35. The number of nitrogens with zero attached hydrogens (tertiary/aromatic N) is 2. The van der Waals surface area contributed by atoms with Crippen LogP contribution in [0.4, 0.5) is 5.82 Å². The summed E-state index contributed by atoms with van der Waals surface area (Å²) in [6.07, 6.45) is 1.82. The van der Waals surface area contributed by atoms with E-state index >= 15 is 0 Å². The van der Waals surface area contributed by atoms with E-state index in [-0.39, 0.29) is 0 Å². The summed E-state index contributed by atoms with van der Waals surface area (Å²) in [5.74, 6) is 1.44. The molecule has 3 heteroatoms. The lowest BCUT2D eigenvalue weighted by molar-refractivity contribution is 0.862. The number of nitrogens with one attached hydrogen (secondary N) is 1. The summed E-state index contributed by atoms with van der Waals surface area (Å²) in [6.45, 7) is 7.38. The third kappa shape index (κ3) is 2.09. The molecule has 20 heavy (non-hydrogen) atoms. The van der Waals surface area contributed by atoms with E-state index in [9.17, 15) is 0 Å². The third-order valence-electron chi connectivity index (χ3n) is 3.56. The molecule has 102 valence electrons. The van der Waals surface area contributed by atoms with Gasteiger partial charge in [0.25, 0.3) is 0 Å². The Morgan fingerprint density at radius 2 is 2.05 bits per heavy atom. The molecule has 0 saturated heterocycles. The molecule has 1 aromatic carbocycles. The highest BCUT2D eigenvalue weighted by Gasteiger charge is 2.11. The van der Waals surface area contributed by atoms with Crippen molar-refractivity contribution in [2.24, 2.45) is 0 Å². The van der Waals surface area contributed by atoms with Crippen LogP contribution >= 0.6 is 0 Å². The molecule has 0 unspecified atom stereocenters. The molecule has 0 fully saturated rings. The summed E-state index contributed by atoms with van der Waals surface area (Å²) in [6, 6.07) is 10.5. The lowest BCUT2D eigenvalue weighted by Gasteiger charge is -2.15. The summed E-state index contributed by atoms with van der Waals surface area (Å²) in [5.41, 5.74) is 3.28. The summed E-state index contributed by atoms with van der Waals surface area (Å²) >= 11 is 0. The Kier molecular flexibility index (Phi) is 3.26. The zero-order valence-corrected chi connectivity index (χ0v) is 12.1. The van der Waals surface area contributed by atoms with Crippen molar-refractivity contribution >= 4 is 27.6 Å². The largest absolute Gasteiger partial charge is 0.370 e. The molecule has 3 aromatic rings. The van der Waals surface area contributed by atoms with Crippen LogP contribution in [0.2, 0.25) is 0 Å². The normalized spacial score (nSPS) is 11.4. The van der Waals surface area contributed by atoms with Crippen molar-refractivity contribution < 1.29 is 0 Å². The van der Waals surface area contributed by atoms with Gasteiger partial charge in [0.1, 0.15) is 5.82 Å². The molecule has 2 heterocycles. The number of benzene rings is 1. The van der Waals surface area contributed by atoms with Crippen molar-refractivity contribution in [2.75, 3.05) is 11.9 Å². The van der Waals surface area contributed by atoms with Gasteiger partial charge in [-0.05, 0) is 42.7 Å². The molecule has 0 aliphatic rings. The van der Waals surface area contributed by atoms with Crippen LogP contribution in [0, 0.1) is 0 Å². The highest BCUT2D eigenvalue weighted by atomic mass is 15.0. The van der Waals surface area contributed by atoms with Crippen LogP contribution < -0.4 is 5.32 Å². The van der Waals surface area contributed by atoms with E-state index in [1.807, 2.05) is 12.3 Å². The van der Waals surface area contributed by atoms with Crippen molar-refractivity contribution in [1.29, 1.82) is 0 Å². The fraction of sp³-hybridized carbons (Fsp3) is 0.294. The van der Waals surface area contributed by atoms with E-state index in [1.54, 1.807) is 0 Å². The van der Waals surface area contributed by atoms with Gasteiger partial charge in [0.15, 0.2) is 0 Å². The first-order chi connectivity index (χ1) is 9.70. The van der Waals surface area contributed by atoms with Crippen LogP contribution in [0.1, 0.15) is 32.3 Å². The summed E-state index contributed by atoms with van der Waals surface area (Å²) < 4.78 is 0. The second kappa shape index (κ2) is 5.08. The first kappa shape index (κ1) is 12.9. The number of hydrogen-bond acceptors (Lipinski definition) is 3. The number of hydrogen-bond donors (Lipinski definition) is 1. The van der Waals surface area contributed by atoms with Crippen molar-refractivity contribution in [1.82, 2.24) is 9.97 Å². The van der Waals surface area contributed by atoms with Gasteiger partial charge in [-0.1, -0.05) is 19.9 Å². The van der Waals surface area contributed by atoms with E-state index in [4.69, 9.17) is 4.98 Å². The van der Waals surface area contributed by atoms with Crippen molar-refractivity contribution in [3.8, 4) is 0 Å². The van der Waals surface area contributed by atoms with E-state index in [0.717, 1.165) is 28.8 Å². The predicted molar refractivity (Wildman–Crippen MR) is 85.3 cm³/mol. The molecule has 0 radical (unpaired) electrons. The molecule has 0 saturated carbocycles. The topological polar surface area (TPSA) is 37.8 Å². The fourth-order valence-corrected chi connectivity index (χ4v) is 2.56. The molecule has 0 aliphatic heterocycles. The van der Waals surface area contributed by atoms with Gasteiger partial charge in [-0.15, -0.1) is 0 Å². The van der Waals surface area contributed by atoms with Gasteiger partial charge in [-0.25, -0.2) is 4.98 Å². The lowest BCUT2D eigenvalue weighted by atomic mass is 10.0. The van der Waals surface area contributed by atoms with Gasteiger partial charge in [-0.3, -0.25) is 4.98 Å². The van der Waals surface area contributed by atoms with E-state index in [1.165, 1.54) is 10.9 Å². The average Bonchev–Trinajstić information content (AvgIpc) is 2.46. The Bertz CT molecular complexity index is 763. The maximum Gasteiger partial charge on any atom is 0.130 e. The predicted octanol–water partition coefficient (Wildman–Crippen LogP) is 4.34. The van der Waals surface area contributed by atoms with E-state index in [0.29, 0.717) is 5.92 Å². The Morgan fingerprint density at radius 3 is 2.80 bits per heavy atom. The van der Waals surface area contributed by atoms with Crippen molar-refractivity contribution in [3.63, 3.8) is 0 Å². The fourth-order valence-electron chi connectivity index (χ4n) is 2.56. The minimum atomic E-state index is 0.450. The monoisotopic (exact) mass is 265 g/mol. The minimum absolute atomic E-state index is 0.450. The highest BCUT2D eigenvalue weighted by molar-refractivity contribution is 6.04. The second-order valence-electron chi connectivity index (χ2n) is 5.32. The first-order valence-electron chi connectivity index (χ1n) is 7.13. The molecule has 0 spiro atoms. The third-order valence-corrected chi connectivity index (χ3v) is 3.56. The summed E-state index contributed by atoms with van der Waals surface area (Å²) in [5, 5.41) is 5.67. The standard InChI is InChI=1S/C17H19N3/c1-4-18-17-14(11(2)3)10-12-7-8-15-13(16(12)20-17)6-5-9-19-15/h5-11H,4H2,1-3H3,(H,18,20). The van der Waals surface area contributed by atoms with Gasteiger partial charge in [0.05, 0.1) is 11.0 Å². The second-order valence-corrected chi connectivity index (χ2v) is 5.32. The van der Waals surface area contributed by atoms with Crippen LogP contribution in [-0.4, -0.2) is 16.5 Å². The number of aromatic nitrogens is 2. The van der Waals surface area contributed by atoms with E-state index in [2.05, 4.69) is 55.3 Å². The Hall–Kier alpha value is -2.16. The lowest BCUT2D eigenvalue weighted by Crippen LogP contribution is -2.05. The Labute approximate surface area is 119 Å². The zero-order valence-electron chi connectivity index (χ0n) is 12.1. The molecular weight excluding hydrogens is 246 g/mol. The van der Waals surface area contributed by atoms with Crippen LogP contribution in [0.25, 0.3) is 21.8 Å². The average molecular weight is 265 g/mol. The van der Waals surface area contributed by atoms with Gasteiger partial charge in [0, 0.05) is 23.5 Å². The van der Waals surface area contributed by atoms with Crippen LogP contribution in [0.5, 0.6) is 0 Å². The minimum Gasteiger partial charge on any atom is -0.370 e. The summed E-state index contributed by atoms with van der Waals surface area (Å²) in [4.78, 5) is 9.27. The number of fused-ring (bicyclic) bond motifs is 3. The smallest absolute Gasteiger partial charge is 0.130 e. The molecule has 2 aromatic heterocycles. The quantitative estimate of drug-likeness (QED) is 0.716. The highest BCUT2D eigenvalue weighted by Crippen LogP contribution is 2.30. The number of anilines is 1. The van der Waals surface area contributed by atoms with E-state index < -0.39 is 0 Å². The van der Waals surface area contributed by atoms with Gasteiger partial charge in [0.2, 0.25) is 0 Å².